The number of hydrogen-bond acceptors (Lipinski definition) is 3. The van der Waals surface area contributed by atoms with Crippen LogP contribution in [-0.2, 0) is 9.53 Å². The summed E-state index contributed by atoms with van der Waals surface area (Å²) in [4.78, 5) is 12.7. The second kappa shape index (κ2) is 7.37. The molecule has 2 aromatic rings. The van der Waals surface area contributed by atoms with E-state index in [0.29, 0.717) is 12.5 Å². The zero-order chi connectivity index (χ0) is 18.0. The normalized spacial score (nSPS) is 24.3. The average molecular weight is 352 g/mol. The quantitative estimate of drug-likeness (QED) is 0.840. The van der Waals surface area contributed by atoms with E-state index in [2.05, 4.69) is 53.1 Å². The number of carbonyl (C=O) groups is 1. The molecular weight excluding hydrogens is 324 g/mol. The van der Waals surface area contributed by atoms with Gasteiger partial charge in [-0.25, -0.2) is 0 Å². The summed E-state index contributed by atoms with van der Waals surface area (Å²) in [6, 6.07) is 14.9. The summed E-state index contributed by atoms with van der Waals surface area (Å²) in [6.07, 6.45) is 3.07. The molecule has 4 heteroatoms. The van der Waals surface area contributed by atoms with E-state index in [1.807, 2.05) is 0 Å². The van der Waals surface area contributed by atoms with Crippen molar-refractivity contribution in [3.63, 3.8) is 0 Å². The minimum Gasteiger partial charge on any atom is -0.384 e. The lowest BCUT2D eigenvalue weighted by atomic mass is 9.79. The van der Waals surface area contributed by atoms with E-state index >= 15 is 0 Å². The van der Waals surface area contributed by atoms with Crippen molar-refractivity contribution in [2.45, 2.75) is 25.2 Å². The van der Waals surface area contributed by atoms with E-state index in [4.69, 9.17) is 4.74 Å². The first kappa shape index (κ1) is 17.5. The minimum atomic E-state index is 0.0828. The molecule has 2 N–H and O–H groups in total. The number of methoxy groups -OCH3 is 1. The van der Waals surface area contributed by atoms with Crippen LogP contribution in [0.1, 0.15) is 30.7 Å². The molecule has 1 saturated heterocycles. The number of ether oxygens (including phenoxy) is 1. The van der Waals surface area contributed by atoms with Gasteiger partial charge in [0.15, 0.2) is 0 Å². The van der Waals surface area contributed by atoms with Crippen LogP contribution in [0.3, 0.4) is 0 Å². The molecular formula is C22H28N2O2. The Balaban J connectivity index is 1.41. The largest absolute Gasteiger partial charge is 0.384 e. The van der Waals surface area contributed by atoms with Crippen LogP contribution in [0.2, 0.25) is 0 Å². The fourth-order valence-corrected chi connectivity index (χ4v) is 4.44. The fraction of sp³-hybridized carbons (Fsp3) is 0.500. The molecule has 1 heterocycles. The van der Waals surface area contributed by atoms with Gasteiger partial charge in [-0.15, -0.1) is 0 Å². The van der Waals surface area contributed by atoms with Crippen LogP contribution >= 0.6 is 0 Å². The van der Waals surface area contributed by atoms with Crippen LogP contribution in [0, 0.1) is 11.3 Å². The molecule has 2 aliphatic rings. The van der Waals surface area contributed by atoms with Gasteiger partial charge in [0.2, 0.25) is 5.91 Å². The summed E-state index contributed by atoms with van der Waals surface area (Å²) in [6.45, 7) is 3.44. The molecule has 138 valence electrons. The van der Waals surface area contributed by atoms with Gasteiger partial charge < -0.3 is 15.4 Å². The summed E-state index contributed by atoms with van der Waals surface area (Å²) >= 11 is 0. The molecule has 0 bridgehead atoms. The molecule has 1 saturated carbocycles. The molecule has 0 spiro atoms. The summed E-state index contributed by atoms with van der Waals surface area (Å²) in [5, 5.41) is 9.18. The molecule has 4 nitrogen and oxygen atoms in total. The third kappa shape index (κ3) is 3.49. The van der Waals surface area contributed by atoms with Crippen LogP contribution in [0.5, 0.6) is 0 Å². The first-order valence-corrected chi connectivity index (χ1v) is 9.67. The van der Waals surface area contributed by atoms with Crippen molar-refractivity contribution in [1.29, 1.82) is 0 Å². The zero-order valence-corrected chi connectivity index (χ0v) is 15.5. The van der Waals surface area contributed by atoms with E-state index in [0.717, 1.165) is 38.9 Å². The number of rotatable bonds is 6. The van der Waals surface area contributed by atoms with Gasteiger partial charge in [0, 0.05) is 25.0 Å². The SMILES string of the molecule is COCC1(CNC(=O)C2CC2c2cccc3ccccc23)CCNCC1. The molecule has 0 aromatic heterocycles. The minimum absolute atomic E-state index is 0.0828. The van der Waals surface area contributed by atoms with Gasteiger partial charge in [-0.2, -0.15) is 0 Å². The van der Waals surface area contributed by atoms with Crippen molar-refractivity contribution in [3.8, 4) is 0 Å². The molecule has 2 fully saturated rings. The highest BCUT2D eigenvalue weighted by Gasteiger charge is 2.45. The number of piperidine rings is 1. The Hall–Kier alpha value is -1.91. The van der Waals surface area contributed by atoms with E-state index in [-0.39, 0.29) is 17.2 Å². The van der Waals surface area contributed by atoms with Crippen molar-refractivity contribution < 1.29 is 9.53 Å². The van der Waals surface area contributed by atoms with E-state index in [1.54, 1.807) is 7.11 Å². The van der Waals surface area contributed by atoms with Gasteiger partial charge in [-0.05, 0) is 54.6 Å². The zero-order valence-electron chi connectivity index (χ0n) is 15.5. The van der Waals surface area contributed by atoms with Gasteiger partial charge in [0.1, 0.15) is 0 Å². The molecule has 4 rings (SSSR count). The number of benzene rings is 2. The molecule has 1 amide bonds. The van der Waals surface area contributed by atoms with Crippen molar-refractivity contribution in [1.82, 2.24) is 10.6 Å². The predicted octanol–water partition coefficient (Wildman–Crippen LogP) is 3.08. The highest BCUT2D eigenvalue weighted by Crippen LogP contribution is 2.49. The number of hydrogen-bond donors (Lipinski definition) is 2. The Morgan fingerprint density at radius 3 is 2.77 bits per heavy atom. The lowest BCUT2D eigenvalue weighted by Gasteiger charge is -2.37. The monoisotopic (exact) mass is 352 g/mol. The van der Waals surface area contributed by atoms with Crippen molar-refractivity contribution in [3.05, 3.63) is 48.0 Å². The Morgan fingerprint density at radius 2 is 1.96 bits per heavy atom. The maximum absolute atomic E-state index is 12.7. The second-order valence-electron chi connectivity index (χ2n) is 7.92. The lowest BCUT2D eigenvalue weighted by Crippen LogP contribution is -2.47. The fourth-order valence-electron chi connectivity index (χ4n) is 4.44. The van der Waals surface area contributed by atoms with Gasteiger partial charge in [0.05, 0.1) is 6.61 Å². The standard InChI is InChI=1S/C22H28N2O2/c1-26-15-22(9-11-23-12-10-22)14-24-21(25)20-13-19(20)18-8-4-6-16-5-2-3-7-17(16)18/h2-8,19-20,23H,9-15H2,1H3,(H,24,25). The van der Waals surface area contributed by atoms with Crippen molar-refractivity contribution in [2.24, 2.45) is 11.3 Å². The number of nitrogens with one attached hydrogen (secondary N) is 2. The molecule has 1 aliphatic heterocycles. The Morgan fingerprint density at radius 1 is 1.19 bits per heavy atom. The second-order valence-corrected chi connectivity index (χ2v) is 7.92. The van der Waals surface area contributed by atoms with Crippen LogP contribution in [0.25, 0.3) is 10.8 Å². The van der Waals surface area contributed by atoms with Gasteiger partial charge in [-0.1, -0.05) is 42.5 Å². The van der Waals surface area contributed by atoms with Gasteiger partial charge in [-0.3, -0.25) is 4.79 Å². The lowest BCUT2D eigenvalue weighted by molar-refractivity contribution is -0.123. The average Bonchev–Trinajstić information content (AvgIpc) is 3.47. The highest BCUT2D eigenvalue weighted by atomic mass is 16.5. The van der Waals surface area contributed by atoms with Gasteiger partial charge in [0.25, 0.3) is 0 Å². The number of fused-ring (bicyclic) bond motifs is 1. The summed E-state index contributed by atoms with van der Waals surface area (Å²) < 4.78 is 5.45. The first-order valence-electron chi connectivity index (χ1n) is 9.67. The smallest absolute Gasteiger partial charge is 0.223 e. The Labute approximate surface area is 155 Å². The molecule has 0 radical (unpaired) electrons. The molecule has 2 aromatic carbocycles. The third-order valence-electron chi connectivity index (χ3n) is 6.10. The van der Waals surface area contributed by atoms with Crippen LogP contribution in [-0.4, -0.2) is 39.3 Å². The molecule has 2 unspecified atom stereocenters. The maximum Gasteiger partial charge on any atom is 0.223 e. The summed E-state index contributed by atoms with van der Waals surface area (Å²) in [7, 11) is 1.75. The Kier molecular flexibility index (Phi) is 4.96. The summed E-state index contributed by atoms with van der Waals surface area (Å²) in [5.74, 6) is 0.673. The number of amides is 1. The molecule has 2 atom stereocenters. The third-order valence-corrected chi connectivity index (χ3v) is 6.10. The maximum atomic E-state index is 12.7. The number of carbonyl (C=O) groups excluding carboxylic acids is 1. The van der Waals surface area contributed by atoms with Crippen LogP contribution in [0.15, 0.2) is 42.5 Å². The van der Waals surface area contributed by atoms with Crippen LogP contribution in [0.4, 0.5) is 0 Å². The Bertz CT molecular complexity index is 772. The van der Waals surface area contributed by atoms with E-state index in [9.17, 15) is 4.79 Å². The van der Waals surface area contributed by atoms with E-state index in [1.165, 1.54) is 16.3 Å². The molecule has 26 heavy (non-hydrogen) atoms. The van der Waals surface area contributed by atoms with Gasteiger partial charge >= 0.3 is 0 Å². The first-order chi connectivity index (χ1) is 12.7. The summed E-state index contributed by atoms with van der Waals surface area (Å²) in [5.41, 5.74) is 1.40. The predicted molar refractivity (Wildman–Crippen MR) is 104 cm³/mol. The van der Waals surface area contributed by atoms with Crippen molar-refractivity contribution >= 4 is 16.7 Å². The van der Waals surface area contributed by atoms with Crippen molar-refractivity contribution in [2.75, 3.05) is 33.4 Å². The topological polar surface area (TPSA) is 50.4 Å². The van der Waals surface area contributed by atoms with Crippen LogP contribution < -0.4 is 10.6 Å². The highest BCUT2D eigenvalue weighted by molar-refractivity contribution is 5.89. The molecule has 1 aliphatic carbocycles. The van der Waals surface area contributed by atoms with E-state index < -0.39 is 0 Å².